The van der Waals surface area contributed by atoms with Crippen LogP contribution in [0.4, 0.5) is 0 Å². The second-order valence-electron chi connectivity index (χ2n) is 5.24. The molecule has 0 aromatic carbocycles. The molecule has 1 aromatic heterocycles. The summed E-state index contributed by atoms with van der Waals surface area (Å²) in [5.41, 5.74) is 3.25. The first-order chi connectivity index (χ1) is 8.26. The predicted octanol–water partition coefficient (Wildman–Crippen LogP) is 3.07. The third-order valence-corrected chi connectivity index (χ3v) is 4.71. The fraction of sp³-hybridized carbons (Fsp3) is 0.714. The molecular formula is C14H24N2S. The molecule has 1 unspecified atom stereocenters. The quantitative estimate of drug-likeness (QED) is 0.813. The fourth-order valence-electron chi connectivity index (χ4n) is 2.80. The van der Waals surface area contributed by atoms with E-state index in [9.17, 15) is 0 Å². The molecule has 2 nitrogen and oxygen atoms in total. The zero-order valence-corrected chi connectivity index (χ0v) is 11.8. The molecule has 3 heteroatoms. The molecule has 1 aromatic rings. The molecule has 17 heavy (non-hydrogen) atoms. The van der Waals surface area contributed by atoms with Gasteiger partial charge in [-0.05, 0) is 54.6 Å². The van der Waals surface area contributed by atoms with E-state index in [1.807, 2.05) is 0 Å². The number of thiophene rings is 1. The molecule has 0 radical (unpaired) electrons. The number of nitrogens with one attached hydrogen (secondary N) is 2. The van der Waals surface area contributed by atoms with Crippen LogP contribution >= 0.6 is 11.3 Å². The third-order valence-electron chi connectivity index (χ3n) is 3.80. The van der Waals surface area contributed by atoms with E-state index in [1.165, 1.54) is 43.4 Å². The molecule has 1 fully saturated rings. The maximum absolute atomic E-state index is 3.71. The van der Waals surface area contributed by atoms with Crippen LogP contribution in [-0.4, -0.2) is 18.6 Å². The lowest BCUT2D eigenvalue weighted by Gasteiger charge is -2.29. The second-order valence-corrected chi connectivity index (χ2v) is 5.99. The molecule has 0 aliphatic carbocycles. The Morgan fingerprint density at radius 2 is 2.35 bits per heavy atom. The van der Waals surface area contributed by atoms with Gasteiger partial charge in [0.25, 0.3) is 0 Å². The molecule has 0 spiro atoms. The van der Waals surface area contributed by atoms with Gasteiger partial charge in [-0.1, -0.05) is 13.3 Å². The first-order valence-corrected chi connectivity index (χ1v) is 7.67. The Morgan fingerprint density at radius 3 is 2.94 bits per heavy atom. The van der Waals surface area contributed by atoms with Crippen molar-refractivity contribution in [2.45, 2.75) is 51.6 Å². The van der Waals surface area contributed by atoms with Crippen molar-refractivity contribution in [2.24, 2.45) is 0 Å². The van der Waals surface area contributed by atoms with Gasteiger partial charge in [-0.25, -0.2) is 0 Å². The Kier molecular flexibility index (Phi) is 4.60. The molecule has 0 bridgehead atoms. The van der Waals surface area contributed by atoms with Crippen molar-refractivity contribution in [3.05, 3.63) is 21.9 Å². The minimum absolute atomic E-state index is 0.374. The minimum Gasteiger partial charge on any atom is -0.311 e. The van der Waals surface area contributed by atoms with E-state index in [0.717, 1.165) is 13.1 Å². The van der Waals surface area contributed by atoms with Gasteiger partial charge in [0.15, 0.2) is 0 Å². The summed E-state index contributed by atoms with van der Waals surface area (Å²) < 4.78 is 0. The van der Waals surface area contributed by atoms with E-state index in [1.54, 1.807) is 11.3 Å². The molecule has 0 saturated carbocycles. The van der Waals surface area contributed by atoms with Crippen LogP contribution in [0, 0.1) is 6.92 Å². The van der Waals surface area contributed by atoms with Crippen LogP contribution in [-0.2, 0) is 6.54 Å². The van der Waals surface area contributed by atoms with Crippen LogP contribution in [0.5, 0.6) is 0 Å². The van der Waals surface area contributed by atoms with Crippen molar-refractivity contribution in [1.82, 2.24) is 10.6 Å². The zero-order chi connectivity index (χ0) is 12.1. The monoisotopic (exact) mass is 252 g/mol. The Labute approximate surface area is 109 Å². The van der Waals surface area contributed by atoms with E-state index in [2.05, 4.69) is 35.2 Å². The fourth-order valence-corrected chi connectivity index (χ4v) is 3.66. The van der Waals surface area contributed by atoms with E-state index in [4.69, 9.17) is 0 Å². The van der Waals surface area contributed by atoms with E-state index in [-0.39, 0.29) is 0 Å². The maximum atomic E-state index is 3.71. The summed E-state index contributed by atoms with van der Waals surface area (Å²) >= 11 is 1.80. The van der Waals surface area contributed by atoms with Crippen molar-refractivity contribution in [2.75, 3.05) is 13.1 Å². The molecule has 96 valence electrons. The molecular weight excluding hydrogens is 228 g/mol. The minimum atomic E-state index is 0.374. The highest BCUT2D eigenvalue weighted by atomic mass is 32.1. The van der Waals surface area contributed by atoms with Crippen molar-refractivity contribution in [3.8, 4) is 0 Å². The van der Waals surface area contributed by atoms with Gasteiger partial charge in [0.1, 0.15) is 0 Å². The van der Waals surface area contributed by atoms with Crippen LogP contribution < -0.4 is 10.6 Å². The number of aryl methyl sites for hydroxylation is 1. The molecule has 2 rings (SSSR count). The van der Waals surface area contributed by atoms with Crippen LogP contribution in [0.1, 0.15) is 43.7 Å². The average Bonchev–Trinajstić information content (AvgIpc) is 2.91. The highest BCUT2D eigenvalue weighted by molar-refractivity contribution is 7.08. The third kappa shape index (κ3) is 3.30. The van der Waals surface area contributed by atoms with E-state index >= 15 is 0 Å². The number of rotatable bonds is 6. The lowest BCUT2D eigenvalue weighted by Crippen LogP contribution is -2.48. The Bertz CT molecular complexity index is 340. The Balaban J connectivity index is 1.82. The van der Waals surface area contributed by atoms with Crippen molar-refractivity contribution in [1.29, 1.82) is 0 Å². The van der Waals surface area contributed by atoms with Crippen molar-refractivity contribution >= 4 is 11.3 Å². The van der Waals surface area contributed by atoms with Gasteiger partial charge in [-0.3, -0.25) is 0 Å². The molecule has 2 heterocycles. The maximum Gasteiger partial charge on any atom is 0.0306 e. The highest BCUT2D eigenvalue weighted by Crippen LogP contribution is 2.24. The van der Waals surface area contributed by atoms with Crippen LogP contribution in [0.3, 0.4) is 0 Å². The van der Waals surface area contributed by atoms with E-state index < -0.39 is 0 Å². The summed E-state index contributed by atoms with van der Waals surface area (Å²) in [5, 5.41) is 11.8. The average molecular weight is 252 g/mol. The standard InChI is InChI=1S/C14H24N2S/c1-3-5-14(6-4-7-16-14)11-15-8-13-10-17-9-12(13)2/h9-10,15-16H,3-8,11H2,1-2H3. The predicted molar refractivity (Wildman–Crippen MR) is 75.6 cm³/mol. The summed E-state index contributed by atoms with van der Waals surface area (Å²) in [6, 6.07) is 0. The van der Waals surface area contributed by atoms with Gasteiger partial charge in [-0.2, -0.15) is 11.3 Å². The van der Waals surface area contributed by atoms with Gasteiger partial charge >= 0.3 is 0 Å². The van der Waals surface area contributed by atoms with Gasteiger partial charge in [0, 0.05) is 18.6 Å². The van der Waals surface area contributed by atoms with Crippen LogP contribution in [0.15, 0.2) is 10.8 Å². The van der Waals surface area contributed by atoms with Gasteiger partial charge in [-0.15, -0.1) is 0 Å². The SMILES string of the molecule is CCCC1(CNCc2cscc2C)CCCN1. The first kappa shape index (κ1) is 13.1. The Hall–Kier alpha value is -0.380. The summed E-state index contributed by atoms with van der Waals surface area (Å²) in [7, 11) is 0. The van der Waals surface area contributed by atoms with Crippen molar-refractivity contribution < 1.29 is 0 Å². The topological polar surface area (TPSA) is 24.1 Å². The summed E-state index contributed by atoms with van der Waals surface area (Å²) in [6.45, 7) is 7.80. The van der Waals surface area contributed by atoms with Crippen LogP contribution in [0.25, 0.3) is 0 Å². The van der Waals surface area contributed by atoms with Gasteiger partial charge in [0.2, 0.25) is 0 Å². The van der Waals surface area contributed by atoms with Crippen LogP contribution in [0.2, 0.25) is 0 Å². The molecule has 2 N–H and O–H groups in total. The van der Waals surface area contributed by atoms with Gasteiger partial charge in [0.05, 0.1) is 0 Å². The molecule has 1 aliphatic heterocycles. The lowest BCUT2D eigenvalue weighted by atomic mass is 9.92. The zero-order valence-electron chi connectivity index (χ0n) is 11.0. The number of hydrogen-bond donors (Lipinski definition) is 2. The van der Waals surface area contributed by atoms with Crippen molar-refractivity contribution in [3.63, 3.8) is 0 Å². The summed E-state index contributed by atoms with van der Waals surface area (Å²) in [6.07, 6.45) is 5.23. The molecule has 1 atom stereocenters. The normalized spacial score (nSPS) is 24.4. The second kappa shape index (κ2) is 5.98. The van der Waals surface area contributed by atoms with Gasteiger partial charge < -0.3 is 10.6 Å². The highest BCUT2D eigenvalue weighted by Gasteiger charge is 2.31. The molecule has 0 amide bonds. The molecule has 1 aliphatic rings. The summed E-state index contributed by atoms with van der Waals surface area (Å²) in [5.74, 6) is 0. The first-order valence-electron chi connectivity index (χ1n) is 6.73. The van der Waals surface area contributed by atoms with E-state index in [0.29, 0.717) is 5.54 Å². The largest absolute Gasteiger partial charge is 0.311 e. The lowest BCUT2D eigenvalue weighted by molar-refractivity contribution is 0.324. The summed E-state index contributed by atoms with van der Waals surface area (Å²) in [4.78, 5) is 0. The number of hydrogen-bond acceptors (Lipinski definition) is 3. The Morgan fingerprint density at radius 1 is 1.47 bits per heavy atom. The smallest absolute Gasteiger partial charge is 0.0306 e. The molecule has 1 saturated heterocycles.